The van der Waals surface area contributed by atoms with Crippen molar-refractivity contribution in [2.24, 2.45) is 0 Å². The fourth-order valence-corrected chi connectivity index (χ4v) is 2.05. The maximum atomic E-state index is 12.1. The molecule has 0 saturated heterocycles. The fraction of sp³-hybridized carbons (Fsp3) is 0. The highest BCUT2D eigenvalue weighted by Gasteiger charge is 2.11. The minimum atomic E-state index is -0.282. The normalized spacial score (nSPS) is 10.7. The molecule has 100 valence electrons. The smallest absolute Gasteiger partial charge is 0.273 e. The molecule has 1 aromatic carbocycles. The fourth-order valence-electron chi connectivity index (χ4n) is 1.94. The first kappa shape index (κ1) is 12.5. The van der Waals surface area contributed by atoms with Gasteiger partial charge in [-0.15, -0.1) is 0 Å². The molecule has 20 heavy (non-hydrogen) atoms. The number of aromatic amines is 1. The molecule has 0 fully saturated rings. The summed E-state index contributed by atoms with van der Waals surface area (Å²) in [5, 5.41) is 4.09. The maximum Gasteiger partial charge on any atom is 0.273 e. The Hall–Kier alpha value is -2.53. The Kier molecular flexibility index (Phi) is 3.04. The van der Waals surface area contributed by atoms with Crippen molar-refractivity contribution in [3.8, 4) is 0 Å². The Balaban J connectivity index is 1.89. The average Bonchev–Trinajstić information content (AvgIpc) is 2.87. The zero-order valence-corrected chi connectivity index (χ0v) is 11.1. The molecule has 2 heterocycles. The number of para-hydroxylation sites is 1. The predicted octanol–water partition coefficient (Wildman–Crippen LogP) is 3.05. The summed E-state index contributed by atoms with van der Waals surface area (Å²) < 4.78 is 0. The predicted molar refractivity (Wildman–Crippen MR) is 79.9 cm³/mol. The first-order valence-electron chi connectivity index (χ1n) is 5.93. The van der Waals surface area contributed by atoms with Gasteiger partial charge in [0.15, 0.2) is 0 Å². The van der Waals surface area contributed by atoms with E-state index in [4.69, 9.17) is 17.3 Å². The Bertz CT molecular complexity index is 779. The number of carbonyl (C=O) groups is 1. The summed E-state index contributed by atoms with van der Waals surface area (Å²) in [5.41, 5.74) is 7.63. The number of nitrogens with two attached hydrogens (primary N) is 1. The lowest BCUT2D eigenvalue weighted by Crippen LogP contribution is -2.13. The molecular weight excluding hydrogens is 276 g/mol. The number of anilines is 2. The molecule has 6 heteroatoms. The van der Waals surface area contributed by atoms with Gasteiger partial charge in [-0.1, -0.05) is 23.7 Å². The second kappa shape index (κ2) is 4.86. The number of amides is 1. The summed E-state index contributed by atoms with van der Waals surface area (Å²) in [7, 11) is 0. The molecular formula is C14H11ClN4O. The highest BCUT2D eigenvalue weighted by Crippen LogP contribution is 2.21. The van der Waals surface area contributed by atoms with Gasteiger partial charge in [0.05, 0.1) is 16.2 Å². The van der Waals surface area contributed by atoms with E-state index in [1.165, 1.54) is 6.20 Å². The molecule has 2 aromatic heterocycles. The molecule has 0 bridgehead atoms. The lowest BCUT2D eigenvalue weighted by Gasteiger charge is -2.02. The van der Waals surface area contributed by atoms with Gasteiger partial charge in [-0.25, -0.2) is 4.98 Å². The van der Waals surface area contributed by atoms with Crippen LogP contribution < -0.4 is 11.1 Å². The van der Waals surface area contributed by atoms with Crippen LogP contribution in [0.1, 0.15) is 10.5 Å². The lowest BCUT2D eigenvalue weighted by molar-refractivity contribution is 0.102. The van der Waals surface area contributed by atoms with Crippen LogP contribution in [0.15, 0.2) is 42.6 Å². The van der Waals surface area contributed by atoms with Crippen LogP contribution in [-0.4, -0.2) is 15.9 Å². The SMILES string of the molecule is Nc1cccc2cc(C(=O)Nc3ccc(Cl)cn3)[nH]c12. The van der Waals surface area contributed by atoms with Crippen LogP contribution in [0.5, 0.6) is 0 Å². The molecule has 0 aliphatic rings. The molecule has 0 atom stereocenters. The third kappa shape index (κ3) is 2.31. The summed E-state index contributed by atoms with van der Waals surface area (Å²) in [6.45, 7) is 0. The van der Waals surface area contributed by atoms with E-state index in [1.807, 2.05) is 12.1 Å². The van der Waals surface area contributed by atoms with Gasteiger partial charge < -0.3 is 16.0 Å². The molecule has 0 radical (unpaired) electrons. The van der Waals surface area contributed by atoms with Crippen molar-refractivity contribution < 1.29 is 4.79 Å². The number of rotatable bonds is 2. The molecule has 0 aliphatic carbocycles. The minimum Gasteiger partial charge on any atom is -0.397 e. The van der Waals surface area contributed by atoms with E-state index in [1.54, 1.807) is 24.3 Å². The third-order valence-electron chi connectivity index (χ3n) is 2.90. The number of aromatic nitrogens is 2. The molecule has 1 amide bonds. The number of halogens is 1. The summed E-state index contributed by atoms with van der Waals surface area (Å²) in [4.78, 5) is 19.1. The molecule has 0 unspecified atom stereocenters. The van der Waals surface area contributed by atoms with Crippen LogP contribution in [0.3, 0.4) is 0 Å². The van der Waals surface area contributed by atoms with E-state index < -0.39 is 0 Å². The Labute approximate surface area is 119 Å². The molecule has 3 rings (SSSR count). The first-order valence-corrected chi connectivity index (χ1v) is 6.31. The van der Waals surface area contributed by atoms with E-state index in [0.29, 0.717) is 22.2 Å². The largest absolute Gasteiger partial charge is 0.397 e. The van der Waals surface area contributed by atoms with Gasteiger partial charge in [-0.2, -0.15) is 0 Å². The Morgan fingerprint density at radius 3 is 2.85 bits per heavy atom. The van der Waals surface area contributed by atoms with Gasteiger partial charge in [0, 0.05) is 11.6 Å². The monoisotopic (exact) mass is 286 g/mol. The number of H-pyrrole nitrogens is 1. The molecule has 3 aromatic rings. The number of fused-ring (bicyclic) bond motifs is 1. The van der Waals surface area contributed by atoms with Crippen molar-refractivity contribution in [2.45, 2.75) is 0 Å². The molecule has 5 nitrogen and oxygen atoms in total. The lowest BCUT2D eigenvalue weighted by atomic mass is 10.2. The van der Waals surface area contributed by atoms with Crippen molar-refractivity contribution in [3.63, 3.8) is 0 Å². The van der Waals surface area contributed by atoms with Crippen molar-refractivity contribution >= 4 is 39.9 Å². The topological polar surface area (TPSA) is 83.8 Å². The van der Waals surface area contributed by atoms with Crippen LogP contribution in [0, 0.1) is 0 Å². The first-order chi connectivity index (χ1) is 9.63. The van der Waals surface area contributed by atoms with Crippen molar-refractivity contribution in [2.75, 3.05) is 11.1 Å². The third-order valence-corrected chi connectivity index (χ3v) is 3.13. The second-order valence-corrected chi connectivity index (χ2v) is 4.75. The Morgan fingerprint density at radius 1 is 1.30 bits per heavy atom. The standard InChI is InChI=1S/C14H11ClN4O/c15-9-4-5-12(17-7-9)19-14(20)11-6-8-2-1-3-10(16)13(8)18-11/h1-7,18H,16H2,(H,17,19,20). The van der Waals surface area contributed by atoms with Crippen LogP contribution in [0.25, 0.3) is 10.9 Å². The van der Waals surface area contributed by atoms with Gasteiger partial charge in [0.1, 0.15) is 11.5 Å². The van der Waals surface area contributed by atoms with Gasteiger partial charge in [0.2, 0.25) is 0 Å². The zero-order chi connectivity index (χ0) is 14.1. The number of nitrogen functional groups attached to an aromatic ring is 1. The summed E-state index contributed by atoms with van der Waals surface area (Å²) in [6.07, 6.45) is 1.47. The van der Waals surface area contributed by atoms with Gasteiger partial charge >= 0.3 is 0 Å². The van der Waals surface area contributed by atoms with Gasteiger partial charge in [-0.3, -0.25) is 4.79 Å². The number of carbonyl (C=O) groups excluding carboxylic acids is 1. The van der Waals surface area contributed by atoms with E-state index in [9.17, 15) is 4.79 Å². The summed E-state index contributed by atoms with van der Waals surface area (Å²) in [6, 6.07) is 10.6. The van der Waals surface area contributed by atoms with Crippen LogP contribution >= 0.6 is 11.6 Å². The molecule has 0 saturated carbocycles. The molecule has 0 aliphatic heterocycles. The van der Waals surface area contributed by atoms with Gasteiger partial charge in [0.25, 0.3) is 5.91 Å². The van der Waals surface area contributed by atoms with Crippen LogP contribution in [0.2, 0.25) is 5.02 Å². The van der Waals surface area contributed by atoms with Crippen LogP contribution in [0.4, 0.5) is 11.5 Å². The maximum absolute atomic E-state index is 12.1. The highest BCUT2D eigenvalue weighted by molar-refractivity contribution is 6.30. The highest BCUT2D eigenvalue weighted by atomic mass is 35.5. The molecule has 4 N–H and O–H groups in total. The van der Waals surface area contributed by atoms with E-state index >= 15 is 0 Å². The van der Waals surface area contributed by atoms with Crippen molar-refractivity contribution in [1.82, 2.24) is 9.97 Å². The zero-order valence-electron chi connectivity index (χ0n) is 10.4. The second-order valence-electron chi connectivity index (χ2n) is 4.31. The summed E-state index contributed by atoms with van der Waals surface area (Å²) in [5.74, 6) is 0.154. The quantitative estimate of drug-likeness (QED) is 0.633. The number of pyridine rings is 1. The van der Waals surface area contributed by atoms with Crippen molar-refractivity contribution in [3.05, 3.63) is 53.3 Å². The van der Waals surface area contributed by atoms with E-state index in [0.717, 1.165) is 10.9 Å². The number of hydrogen-bond acceptors (Lipinski definition) is 3. The Morgan fingerprint density at radius 2 is 2.15 bits per heavy atom. The summed E-state index contributed by atoms with van der Waals surface area (Å²) >= 11 is 5.74. The number of benzene rings is 1. The molecule has 0 spiro atoms. The van der Waals surface area contributed by atoms with E-state index in [2.05, 4.69) is 15.3 Å². The number of nitrogens with one attached hydrogen (secondary N) is 2. The number of nitrogens with zero attached hydrogens (tertiary/aromatic N) is 1. The number of hydrogen-bond donors (Lipinski definition) is 3. The van der Waals surface area contributed by atoms with Crippen LogP contribution in [-0.2, 0) is 0 Å². The average molecular weight is 287 g/mol. The van der Waals surface area contributed by atoms with E-state index in [-0.39, 0.29) is 5.91 Å². The van der Waals surface area contributed by atoms with Crippen molar-refractivity contribution in [1.29, 1.82) is 0 Å². The minimum absolute atomic E-state index is 0.282. The van der Waals surface area contributed by atoms with Gasteiger partial charge in [-0.05, 0) is 24.3 Å².